The maximum absolute atomic E-state index is 13.8. The highest BCUT2D eigenvalue weighted by atomic mass is 19.4. The van der Waals surface area contributed by atoms with E-state index in [0.29, 0.717) is 12.2 Å². The van der Waals surface area contributed by atoms with E-state index in [1.807, 2.05) is 6.92 Å². The van der Waals surface area contributed by atoms with Crippen LogP contribution in [0.25, 0.3) is 0 Å². The third-order valence-electron chi connectivity index (χ3n) is 5.47. The lowest BCUT2D eigenvalue weighted by molar-refractivity contribution is -0.192. The van der Waals surface area contributed by atoms with Gasteiger partial charge in [-0.25, -0.2) is 4.79 Å². The molecule has 1 aromatic heterocycles. The van der Waals surface area contributed by atoms with E-state index in [2.05, 4.69) is 10.5 Å². The third kappa shape index (κ3) is 3.79. The highest BCUT2D eigenvalue weighted by Gasteiger charge is 2.83. The normalized spacial score (nSPS) is 28.8. The number of halogens is 3. The number of aromatic nitrogens is 1. The molecule has 1 aromatic rings. The van der Waals surface area contributed by atoms with E-state index in [1.54, 1.807) is 26.8 Å². The average Bonchev–Trinajstić information content (AvgIpc) is 2.87. The Bertz CT molecular complexity index is 686. The molecule has 1 saturated carbocycles. The van der Waals surface area contributed by atoms with Crippen LogP contribution in [0.3, 0.4) is 0 Å². The Balaban J connectivity index is 1.66. The number of fused-ring (bicyclic) bond motifs is 1. The van der Waals surface area contributed by atoms with Crippen LogP contribution in [-0.4, -0.2) is 53.6 Å². The molecule has 1 saturated heterocycles. The van der Waals surface area contributed by atoms with Crippen LogP contribution in [0.5, 0.6) is 0 Å². The van der Waals surface area contributed by atoms with Crippen LogP contribution in [-0.2, 0) is 11.2 Å². The first kappa shape index (κ1) is 20.0. The molecule has 0 spiro atoms. The second-order valence-corrected chi connectivity index (χ2v) is 8.84. The smallest absolute Gasteiger partial charge is 0.410 e. The first-order valence-corrected chi connectivity index (χ1v) is 9.05. The van der Waals surface area contributed by atoms with Crippen LogP contribution in [0.4, 0.5) is 18.0 Å². The number of ether oxygens (including phenoxy) is 1. The fourth-order valence-corrected chi connectivity index (χ4v) is 4.04. The number of hydrogen-bond acceptors (Lipinski definition) is 5. The van der Waals surface area contributed by atoms with Crippen LogP contribution < -0.4 is 5.32 Å². The minimum atomic E-state index is -4.36. The van der Waals surface area contributed by atoms with E-state index < -0.39 is 28.7 Å². The molecule has 0 bridgehead atoms. The van der Waals surface area contributed by atoms with Crippen LogP contribution >= 0.6 is 0 Å². The molecular formula is C18H26F3N3O3. The van der Waals surface area contributed by atoms with Crippen molar-refractivity contribution in [3.05, 3.63) is 18.0 Å². The first-order valence-electron chi connectivity index (χ1n) is 9.05. The van der Waals surface area contributed by atoms with E-state index in [9.17, 15) is 18.0 Å². The molecule has 1 unspecified atom stereocenters. The summed E-state index contributed by atoms with van der Waals surface area (Å²) < 4.78 is 51.7. The maximum atomic E-state index is 13.8. The predicted molar refractivity (Wildman–Crippen MR) is 91.0 cm³/mol. The molecule has 152 valence electrons. The number of likely N-dealkylation sites (tertiary alicyclic amines) is 1. The second-order valence-electron chi connectivity index (χ2n) is 8.84. The maximum Gasteiger partial charge on any atom is 0.410 e. The molecule has 0 radical (unpaired) electrons. The SMILES string of the molecule is CC(Cc1ccno1)NC[C@@]12CN(C(=O)OC(C)(C)C)C[C@]1(C(F)(F)F)C2. The molecule has 0 aromatic carbocycles. The zero-order valence-corrected chi connectivity index (χ0v) is 16.0. The number of amides is 1. The van der Waals surface area contributed by atoms with Crippen molar-refractivity contribution in [2.75, 3.05) is 19.6 Å². The zero-order chi connectivity index (χ0) is 20.1. The zero-order valence-electron chi connectivity index (χ0n) is 16.0. The molecular weight excluding hydrogens is 363 g/mol. The van der Waals surface area contributed by atoms with Crippen LogP contribution in [0.2, 0.25) is 0 Å². The second kappa shape index (κ2) is 6.39. The minimum absolute atomic E-state index is 0.0326. The van der Waals surface area contributed by atoms with Gasteiger partial charge in [0, 0.05) is 43.6 Å². The number of nitrogens with zero attached hydrogens (tertiary/aromatic N) is 2. The summed E-state index contributed by atoms with van der Waals surface area (Å²) in [4.78, 5) is 13.5. The van der Waals surface area contributed by atoms with E-state index >= 15 is 0 Å². The van der Waals surface area contributed by atoms with Gasteiger partial charge >= 0.3 is 12.3 Å². The van der Waals surface area contributed by atoms with Crippen LogP contribution in [0.1, 0.15) is 39.9 Å². The number of rotatable bonds is 5. The van der Waals surface area contributed by atoms with Gasteiger partial charge in [0.1, 0.15) is 11.4 Å². The Kier molecular flexibility index (Phi) is 4.73. The van der Waals surface area contributed by atoms with Crippen molar-refractivity contribution in [1.82, 2.24) is 15.4 Å². The highest BCUT2D eigenvalue weighted by Crippen LogP contribution is 2.74. The molecule has 2 fully saturated rings. The van der Waals surface area contributed by atoms with Crippen molar-refractivity contribution in [2.45, 2.75) is 58.4 Å². The summed E-state index contributed by atoms with van der Waals surface area (Å²) in [5.74, 6) is 0.673. The number of piperidine rings is 1. The Hall–Kier alpha value is -1.77. The first-order chi connectivity index (χ1) is 12.4. The van der Waals surface area contributed by atoms with Gasteiger partial charge in [0.2, 0.25) is 0 Å². The quantitative estimate of drug-likeness (QED) is 0.836. The van der Waals surface area contributed by atoms with Crippen molar-refractivity contribution in [2.24, 2.45) is 10.8 Å². The van der Waals surface area contributed by atoms with E-state index in [-0.39, 0.29) is 32.1 Å². The molecule has 2 heterocycles. The fourth-order valence-electron chi connectivity index (χ4n) is 4.04. The van der Waals surface area contributed by atoms with Gasteiger partial charge in [-0.05, 0) is 34.1 Å². The molecule has 1 amide bonds. The summed E-state index contributed by atoms with van der Waals surface area (Å²) in [5.41, 5.74) is -3.60. The molecule has 6 nitrogen and oxygen atoms in total. The van der Waals surface area contributed by atoms with Gasteiger partial charge < -0.3 is 19.5 Å². The summed E-state index contributed by atoms with van der Waals surface area (Å²) in [7, 11) is 0. The lowest BCUT2D eigenvalue weighted by atomic mass is 9.95. The topological polar surface area (TPSA) is 67.6 Å². The molecule has 1 aliphatic carbocycles. The van der Waals surface area contributed by atoms with E-state index in [0.717, 1.165) is 0 Å². The molecule has 1 N–H and O–H groups in total. The number of hydrogen-bond donors (Lipinski definition) is 1. The summed E-state index contributed by atoms with van der Waals surface area (Å²) in [6.07, 6.45) is -2.95. The predicted octanol–water partition coefficient (Wildman–Crippen LogP) is 3.38. The number of carbonyl (C=O) groups excluding carboxylic acids is 1. The van der Waals surface area contributed by atoms with E-state index in [1.165, 1.54) is 11.1 Å². The van der Waals surface area contributed by atoms with Crippen molar-refractivity contribution in [1.29, 1.82) is 0 Å². The summed E-state index contributed by atoms with van der Waals surface area (Å²) >= 11 is 0. The van der Waals surface area contributed by atoms with Gasteiger partial charge in [0.05, 0.1) is 11.6 Å². The number of nitrogens with one attached hydrogen (secondary N) is 1. The van der Waals surface area contributed by atoms with Crippen LogP contribution in [0.15, 0.2) is 16.8 Å². The summed E-state index contributed by atoms with van der Waals surface area (Å²) in [6, 6.07) is 1.65. The van der Waals surface area contributed by atoms with Crippen molar-refractivity contribution in [3.63, 3.8) is 0 Å². The molecule has 3 atom stereocenters. The van der Waals surface area contributed by atoms with Crippen molar-refractivity contribution >= 4 is 6.09 Å². The molecule has 1 aliphatic heterocycles. The number of alkyl halides is 3. The van der Waals surface area contributed by atoms with Gasteiger partial charge in [-0.1, -0.05) is 5.16 Å². The number of carbonyl (C=O) groups is 1. The Morgan fingerprint density at radius 2 is 2.11 bits per heavy atom. The fraction of sp³-hybridized carbons (Fsp3) is 0.778. The van der Waals surface area contributed by atoms with Gasteiger partial charge in [0.15, 0.2) is 0 Å². The summed E-state index contributed by atoms with van der Waals surface area (Å²) in [5, 5.41) is 6.81. The minimum Gasteiger partial charge on any atom is -0.444 e. The monoisotopic (exact) mass is 389 g/mol. The Labute approximate surface area is 156 Å². The lowest BCUT2D eigenvalue weighted by Crippen LogP contribution is -2.40. The molecule has 2 aliphatic rings. The Morgan fingerprint density at radius 1 is 1.41 bits per heavy atom. The largest absolute Gasteiger partial charge is 0.444 e. The van der Waals surface area contributed by atoms with Gasteiger partial charge in [-0.15, -0.1) is 0 Å². The van der Waals surface area contributed by atoms with E-state index in [4.69, 9.17) is 9.26 Å². The molecule has 3 rings (SSSR count). The van der Waals surface area contributed by atoms with Crippen molar-refractivity contribution < 1.29 is 27.2 Å². The third-order valence-corrected chi connectivity index (χ3v) is 5.47. The van der Waals surface area contributed by atoms with Gasteiger partial charge in [-0.3, -0.25) is 0 Å². The van der Waals surface area contributed by atoms with Gasteiger partial charge in [0.25, 0.3) is 0 Å². The molecule has 9 heteroatoms. The van der Waals surface area contributed by atoms with Gasteiger partial charge in [-0.2, -0.15) is 13.2 Å². The summed E-state index contributed by atoms with van der Waals surface area (Å²) in [6.45, 7) is 6.86. The average molecular weight is 389 g/mol. The highest BCUT2D eigenvalue weighted by molar-refractivity contribution is 5.69. The molecule has 27 heavy (non-hydrogen) atoms. The Morgan fingerprint density at radius 3 is 2.67 bits per heavy atom. The van der Waals surface area contributed by atoms with Crippen LogP contribution in [0, 0.1) is 10.8 Å². The van der Waals surface area contributed by atoms with Crippen molar-refractivity contribution in [3.8, 4) is 0 Å². The standard InChI is InChI=1S/C18H26F3N3O3/c1-12(7-13-5-6-23-27-13)22-9-16-8-17(16,18(19,20)21)11-24(10-16)14(25)26-15(2,3)4/h5-6,12,22H,7-11H2,1-4H3/t12?,16-,17+/m0/s1. The lowest BCUT2D eigenvalue weighted by Gasteiger charge is -2.27.